The maximum atomic E-state index is 13.3. The van der Waals surface area contributed by atoms with Crippen molar-refractivity contribution in [2.24, 2.45) is 0 Å². The van der Waals surface area contributed by atoms with Crippen molar-refractivity contribution in [1.82, 2.24) is 4.98 Å². The number of fused-ring (bicyclic) bond motifs is 1. The van der Waals surface area contributed by atoms with Crippen LogP contribution in [0.25, 0.3) is 16.0 Å². The molecule has 1 unspecified atom stereocenters. The molecule has 2 aromatic heterocycles. The Morgan fingerprint density at radius 3 is 2.45 bits per heavy atom. The van der Waals surface area contributed by atoms with Crippen LogP contribution in [-0.2, 0) is 9.59 Å². The smallest absolute Gasteiger partial charge is 0.302 e. The molecule has 1 amide bonds. The van der Waals surface area contributed by atoms with Crippen molar-refractivity contribution >= 4 is 44.1 Å². The summed E-state index contributed by atoms with van der Waals surface area (Å²) < 4.78 is 6.78. The second kappa shape index (κ2) is 7.71. The van der Waals surface area contributed by atoms with E-state index in [0.29, 0.717) is 22.2 Å². The maximum Gasteiger partial charge on any atom is 0.302 e. The molecule has 5 rings (SSSR count). The van der Waals surface area contributed by atoms with Gasteiger partial charge in [-0.15, -0.1) is 0 Å². The zero-order valence-corrected chi connectivity index (χ0v) is 19.5. The Morgan fingerprint density at radius 1 is 1.00 bits per heavy atom. The quantitative estimate of drug-likeness (QED) is 0.240. The molecule has 1 saturated heterocycles. The van der Waals surface area contributed by atoms with Gasteiger partial charge in [-0.2, -0.15) is 0 Å². The molecule has 3 heterocycles. The predicted molar refractivity (Wildman–Crippen MR) is 129 cm³/mol. The summed E-state index contributed by atoms with van der Waals surface area (Å²) in [7, 11) is 0. The Hall–Kier alpha value is -3.71. The minimum absolute atomic E-state index is 0.00140. The minimum atomic E-state index is -0.916. The van der Waals surface area contributed by atoms with Crippen LogP contribution in [0.2, 0.25) is 0 Å². The van der Waals surface area contributed by atoms with Crippen LogP contribution in [0.5, 0.6) is 0 Å². The van der Waals surface area contributed by atoms with Crippen molar-refractivity contribution in [1.29, 1.82) is 0 Å². The van der Waals surface area contributed by atoms with E-state index in [1.165, 1.54) is 16.2 Å². The SMILES string of the molecule is Cc1ccc(C)c(/C(O)=C2\C(=O)C(=O)N(c3nc4ccc(C)cc4s3)C2c2ccc(C)o2)c1. The van der Waals surface area contributed by atoms with Gasteiger partial charge in [0.15, 0.2) is 5.13 Å². The van der Waals surface area contributed by atoms with Gasteiger partial charge in [-0.25, -0.2) is 4.98 Å². The number of carbonyl (C=O) groups is 2. The number of rotatable bonds is 3. The second-order valence-electron chi connectivity index (χ2n) is 8.40. The average Bonchev–Trinajstić information content (AvgIpc) is 3.45. The molecule has 4 aromatic rings. The van der Waals surface area contributed by atoms with Crippen LogP contribution in [0.1, 0.15) is 39.8 Å². The molecule has 1 aliphatic rings. The Bertz CT molecular complexity index is 1480. The Kier molecular flexibility index (Phi) is 4.94. The number of aliphatic hydroxyl groups excluding tert-OH is 1. The summed E-state index contributed by atoms with van der Waals surface area (Å²) in [5, 5.41) is 11.7. The van der Waals surface area contributed by atoms with Crippen LogP contribution >= 0.6 is 11.3 Å². The van der Waals surface area contributed by atoms with Gasteiger partial charge in [0.2, 0.25) is 0 Å². The lowest BCUT2D eigenvalue weighted by molar-refractivity contribution is -0.132. The van der Waals surface area contributed by atoms with Gasteiger partial charge in [0.1, 0.15) is 23.3 Å². The summed E-state index contributed by atoms with van der Waals surface area (Å²) in [6.07, 6.45) is 0. The highest BCUT2D eigenvalue weighted by molar-refractivity contribution is 7.22. The lowest BCUT2D eigenvalue weighted by Gasteiger charge is -2.21. The van der Waals surface area contributed by atoms with Gasteiger partial charge < -0.3 is 9.52 Å². The van der Waals surface area contributed by atoms with E-state index in [1.54, 1.807) is 19.1 Å². The number of hydrogen-bond donors (Lipinski definition) is 1. The number of aliphatic hydroxyl groups is 1. The van der Waals surface area contributed by atoms with E-state index in [0.717, 1.165) is 26.9 Å². The second-order valence-corrected chi connectivity index (χ2v) is 9.41. The fourth-order valence-corrected chi connectivity index (χ4v) is 5.25. The van der Waals surface area contributed by atoms with Crippen LogP contribution in [0.15, 0.2) is 58.5 Å². The van der Waals surface area contributed by atoms with Crippen LogP contribution < -0.4 is 4.90 Å². The number of aromatic nitrogens is 1. The third-order valence-corrected chi connectivity index (χ3v) is 6.88. The van der Waals surface area contributed by atoms with Gasteiger partial charge >= 0.3 is 5.91 Å². The number of carbonyl (C=O) groups excluding carboxylic acids is 2. The van der Waals surface area contributed by atoms with Crippen molar-refractivity contribution in [2.45, 2.75) is 33.7 Å². The Morgan fingerprint density at radius 2 is 1.73 bits per heavy atom. The number of Topliss-reactive ketones (excluding diaryl/α,β-unsaturated/α-hetero) is 1. The molecule has 0 bridgehead atoms. The molecule has 33 heavy (non-hydrogen) atoms. The first-order valence-corrected chi connectivity index (χ1v) is 11.4. The topological polar surface area (TPSA) is 83.6 Å². The van der Waals surface area contributed by atoms with Crippen molar-refractivity contribution in [3.8, 4) is 0 Å². The molecule has 7 heteroatoms. The Labute approximate surface area is 194 Å². The van der Waals surface area contributed by atoms with Crippen molar-refractivity contribution in [3.05, 3.63) is 87.9 Å². The molecular weight excluding hydrogens is 436 g/mol. The van der Waals surface area contributed by atoms with Crippen LogP contribution in [0, 0.1) is 27.7 Å². The predicted octanol–water partition coefficient (Wildman–Crippen LogP) is 5.75. The number of furan rings is 1. The fourth-order valence-electron chi connectivity index (χ4n) is 4.16. The summed E-state index contributed by atoms with van der Waals surface area (Å²) in [4.78, 5) is 32.6. The molecule has 1 fully saturated rings. The summed E-state index contributed by atoms with van der Waals surface area (Å²) >= 11 is 1.33. The van der Waals surface area contributed by atoms with Gasteiger partial charge in [-0.05, 0) is 69.2 Å². The van der Waals surface area contributed by atoms with E-state index in [2.05, 4.69) is 4.98 Å². The highest BCUT2D eigenvalue weighted by Crippen LogP contribution is 2.45. The molecule has 166 valence electrons. The Balaban J connectivity index is 1.75. The van der Waals surface area contributed by atoms with Gasteiger partial charge in [-0.1, -0.05) is 35.1 Å². The number of benzene rings is 2. The first-order valence-electron chi connectivity index (χ1n) is 10.6. The van der Waals surface area contributed by atoms with Crippen molar-refractivity contribution in [2.75, 3.05) is 4.90 Å². The number of hydrogen-bond acceptors (Lipinski definition) is 6. The first-order chi connectivity index (χ1) is 15.7. The molecule has 6 nitrogen and oxygen atoms in total. The number of amides is 1. The third kappa shape index (κ3) is 3.45. The normalized spacial score (nSPS) is 17.9. The highest BCUT2D eigenvalue weighted by Gasteiger charge is 2.49. The number of nitrogens with zero attached hydrogens (tertiary/aromatic N) is 2. The molecule has 0 saturated carbocycles. The molecule has 0 aliphatic carbocycles. The average molecular weight is 459 g/mol. The summed E-state index contributed by atoms with van der Waals surface area (Å²) in [5.41, 5.74) is 4.07. The van der Waals surface area contributed by atoms with Gasteiger partial charge in [0.25, 0.3) is 5.78 Å². The standard InChI is InChI=1S/C26H22N2O4S/c1-13-5-7-15(3)17(11-13)23(29)21-22(19-10-8-16(4)32-19)28(25(31)24(21)30)26-27-18-9-6-14(2)12-20(18)33-26/h5-12,22,29H,1-4H3/b23-21+. The number of anilines is 1. The van der Waals surface area contributed by atoms with Crippen LogP contribution in [-0.4, -0.2) is 21.8 Å². The maximum absolute atomic E-state index is 13.3. The molecular formula is C26H22N2O4S. The zero-order valence-electron chi connectivity index (χ0n) is 18.7. The minimum Gasteiger partial charge on any atom is -0.507 e. The van der Waals surface area contributed by atoms with E-state index in [9.17, 15) is 14.7 Å². The van der Waals surface area contributed by atoms with E-state index < -0.39 is 17.7 Å². The van der Waals surface area contributed by atoms with Crippen LogP contribution in [0.4, 0.5) is 5.13 Å². The fraction of sp³-hybridized carbons (Fsp3) is 0.192. The summed E-state index contributed by atoms with van der Waals surface area (Å²) in [5.74, 6) is -0.677. The lowest BCUT2D eigenvalue weighted by Crippen LogP contribution is -2.29. The number of aryl methyl sites for hydroxylation is 4. The van der Waals surface area contributed by atoms with Crippen LogP contribution in [0.3, 0.4) is 0 Å². The molecule has 0 radical (unpaired) electrons. The number of thiazole rings is 1. The lowest BCUT2D eigenvalue weighted by atomic mass is 9.96. The third-order valence-electron chi connectivity index (χ3n) is 5.86. The zero-order chi connectivity index (χ0) is 23.4. The van der Waals surface area contributed by atoms with Gasteiger partial charge in [-0.3, -0.25) is 14.5 Å². The van der Waals surface area contributed by atoms with Crippen molar-refractivity contribution < 1.29 is 19.1 Å². The first kappa shape index (κ1) is 21.2. The largest absolute Gasteiger partial charge is 0.507 e. The highest BCUT2D eigenvalue weighted by atomic mass is 32.1. The molecule has 2 aromatic carbocycles. The molecule has 1 aliphatic heterocycles. The monoisotopic (exact) mass is 458 g/mol. The molecule has 0 spiro atoms. The number of ketones is 1. The van der Waals surface area contributed by atoms with E-state index >= 15 is 0 Å². The summed E-state index contributed by atoms with van der Waals surface area (Å²) in [6, 6.07) is 14.0. The van der Waals surface area contributed by atoms with Crippen molar-refractivity contribution in [3.63, 3.8) is 0 Å². The summed E-state index contributed by atoms with van der Waals surface area (Å²) in [6.45, 7) is 7.54. The molecule has 1 atom stereocenters. The van der Waals surface area contributed by atoms with Gasteiger partial charge in [0, 0.05) is 5.56 Å². The molecule has 1 N–H and O–H groups in total. The van der Waals surface area contributed by atoms with E-state index in [-0.39, 0.29) is 11.3 Å². The van der Waals surface area contributed by atoms with Gasteiger partial charge in [0.05, 0.1) is 15.8 Å². The van der Waals surface area contributed by atoms with E-state index in [4.69, 9.17) is 4.42 Å². The van der Waals surface area contributed by atoms with E-state index in [1.807, 2.05) is 57.2 Å².